The molecule has 0 aliphatic heterocycles. The average molecular weight is 131 g/mol. The molecule has 0 spiro atoms. The van der Waals surface area contributed by atoms with Crippen LogP contribution in [0, 0.1) is 11.8 Å². The van der Waals surface area contributed by atoms with Gasteiger partial charge in [0.25, 0.3) is 0 Å². The third-order valence-corrected chi connectivity index (χ3v) is 2.40. The summed E-state index contributed by atoms with van der Waals surface area (Å²) in [5, 5.41) is 0.454. The zero-order valence-corrected chi connectivity index (χ0v) is 6.96. The summed E-state index contributed by atoms with van der Waals surface area (Å²) in [6.07, 6.45) is 0. The summed E-state index contributed by atoms with van der Waals surface area (Å²) in [7, 11) is 0. The van der Waals surface area contributed by atoms with Gasteiger partial charge in [0.2, 0.25) is 0 Å². The van der Waals surface area contributed by atoms with Crippen molar-refractivity contribution >= 4 is 12.6 Å². The van der Waals surface area contributed by atoms with Crippen LogP contribution in [0.5, 0.6) is 0 Å². The summed E-state index contributed by atoms with van der Waals surface area (Å²) in [5.74, 6) is 1.31. The quantitative estimate of drug-likeness (QED) is 0.540. The molecule has 8 heavy (non-hydrogen) atoms. The third-order valence-electron chi connectivity index (χ3n) is 1.31. The summed E-state index contributed by atoms with van der Waals surface area (Å²) < 4.78 is 0. The molecule has 0 saturated heterocycles. The van der Waals surface area contributed by atoms with Crippen molar-refractivity contribution in [2.24, 2.45) is 11.8 Å². The van der Waals surface area contributed by atoms with Gasteiger partial charge in [0.1, 0.15) is 0 Å². The normalized spacial score (nSPS) is 12.0. The largest absolute Gasteiger partial charge is 0.0899 e. The SMILES string of the molecule is CC(C)C([S])C(C)C. The smallest absolute Gasteiger partial charge is 0.0197 e. The minimum absolute atomic E-state index is 0.454. The number of rotatable bonds is 2. The zero-order chi connectivity index (χ0) is 6.73. The van der Waals surface area contributed by atoms with Crippen molar-refractivity contribution in [1.29, 1.82) is 0 Å². The Morgan fingerprint density at radius 2 is 1.12 bits per heavy atom. The van der Waals surface area contributed by atoms with Gasteiger partial charge in [0, 0.05) is 5.25 Å². The highest BCUT2D eigenvalue weighted by molar-refractivity contribution is 7.81. The lowest BCUT2D eigenvalue weighted by molar-refractivity contribution is 0.490. The van der Waals surface area contributed by atoms with Crippen LogP contribution in [0.3, 0.4) is 0 Å². The van der Waals surface area contributed by atoms with Gasteiger partial charge in [0.15, 0.2) is 0 Å². The van der Waals surface area contributed by atoms with E-state index in [1.165, 1.54) is 0 Å². The Kier molecular flexibility index (Phi) is 3.54. The van der Waals surface area contributed by atoms with Gasteiger partial charge in [0.05, 0.1) is 0 Å². The van der Waals surface area contributed by atoms with E-state index in [0.717, 1.165) is 0 Å². The van der Waals surface area contributed by atoms with E-state index in [4.69, 9.17) is 12.6 Å². The number of hydrogen-bond acceptors (Lipinski definition) is 0. The van der Waals surface area contributed by atoms with Gasteiger partial charge in [-0.25, -0.2) is 0 Å². The highest BCUT2D eigenvalue weighted by atomic mass is 32.1. The standard InChI is InChI=1S/C7H15S/c1-5(2)7(8)6(3)4/h5-7H,1-4H3. The minimum atomic E-state index is 0.454. The average Bonchev–Trinajstić information content (AvgIpc) is 1.64. The molecule has 0 aliphatic rings. The minimum Gasteiger partial charge on any atom is -0.0899 e. The molecule has 0 atom stereocenters. The first-order valence-corrected chi connectivity index (χ1v) is 3.68. The van der Waals surface area contributed by atoms with E-state index in [2.05, 4.69) is 27.7 Å². The molecule has 49 valence electrons. The molecule has 0 aromatic heterocycles. The second-order valence-electron chi connectivity index (χ2n) is 2.95. The Morgan fingerprint density at radius 3 is 1.12 bits per heavy atom. The summed E-state index contributed by atoms with van der Waals surface area (Å²) in [6.45, 7) is 8.71. The molecule has 0 aromatic rings. The molecule has 0 nitrogen and oxygen atoms in total. The fraction of sp³-hybridized carbons (Fsp3) is 1.00. The Balaban J connectivity index is 3.46. The van der Waals surface area contributed by atoms with Crippen LogP contribution in [0.15, 0.2) is 0 Å². The Hall–Kier alpha value is 0.350. The predicted octanol–water partition coefficient (Wildman–Crippen LogP) is 2.86. The van der Waals surface area contributed by atoms with Crippen molar-refractivity contribution in [3.8, 4) is 0 Å². The molecule has 0 amide bonds. The Labute approximate surface area is 58.1 Å². The molecular formula is C7H15S. The molecule has 0 heterocycles. The van der Waals surface area contributed by atoms with E-state index in [9.17, 15) is 0 Å². The second-order valence-corrected chi connectivity index (χ2v) is 3.50. The molecular weight excluding hydrogens is 116 g/mol. The Bertz CT molecular complexity index is 49.4. The molecule has 0 aliphatic carbocycles. The van der Waals surface area contributed by atoms with Crippen LogP contribution in [0.1, 0.15) is 27.7 Å². The van der Waals surface area contributed by atoms with Crippen LogP contribution in [0.2, 0.25) is 0 Å². The summed E-state index contributed by atoms with van der Waals surface area (Å²) in [4.78, 5) is 0. The fourth-order valence-electron chi connectivity index (χ4n) is 0.770. The zero-order valence-electron chi connectivity index (χ0n) is 6.14. The van der Waals surface area contributed by atoms with Gasteiger partial charge < -0.3 is 0 Å². The lowest BCUT2D eigenvalue weighted by Gasteiger charge is -2.16. The molecule has 0 saturated carbocycles. The van der Waals surface area contributed by atoms with E-state index in [-0.39, 0.29) is 0 Å². The first-order chi connectivity index (χ1) is 3.55. The van der Waals surface area contributed by atoms with Crippen LogP contribution < -0.4 is 0 Å². The summed E-state index contributed by atoms with van der Waals surface area (Å²) in [5.41, 5.74) is 0. The van der Waals surface area contributed by atoms with Crippen LogP contribution in [0.4, 0.5) is 0 Å². The maximum absolute atomic E-state index is 5.19. The first-order valence-electron chi connectivity index (χ1n) is 3.21. The lowest BCUT2D eigenvalue weighted by Crippen LogP contribution is -2.14. The van der Waals surface area contributed by atoms with Crippen LogP contribution in [-0.2, 0) is 0 Å². The van der Waals surface area contributed by atoms with E-state index in [1.54, 1.807) is 0 Å². The molecule has 0 unspecified atom stereocenters. The van der Waals surface area contributed by atoms with Crippen molar-refractivity contribution in [1.82, 2.24) is 0 Å². The van der Waals surface area contributed by atoms with Gasteiger partial charge >= 0.3 is 0 Å². The van der Waals surface area contributed by atoms with E-state index in [0.29, 0.717) is 17.1 Å². The molecule has 0 N–H and O–H groups in total. The first kappa shape index (κ1) is 8.35. The highest BCUT2D eigenvalue weighted by Crippen LogP contribution is 2.17. The van der Waals surface area contributed by atoms with Crippen molar-refractivity contribution in [3.63, 3.8) is 0 Å². The molecule has 0 fully saturated rings. The highest BCUT2D eigenvalue weighted by Gasteiger charge is 2.11. The summed E-state index contributed by atoms with van der Waals surface area (Å²) in [6, 6.07) is 0. The molecule has 0 bridgehead atoms. The van der Waals surface area contributed by atoms with E-state index in [1.807, 2.05) is 0 Å². The maximum atomic E-state index is 5.19. The number of hydrogen-bond donors (Lipinski definition) is 0. The van der Waals surface area contributed by atoms with Gasteiger partial charge in [-0.05, 0) is 11.8 Å². The van der Waals surface area contributed by atoms with E-state index < -0.39 is 0 Å². The monoisotopic (exact) mass is 131 g/mol. The second kappa shape index (κ2) is 3.39. The van der Waals surface area contributed by atoms with Crippen molar-refractivity contribution < 1.29 is 0 Å². The van der Waals surface area contributed by atoms with Gasteiger partial charge in [-0.15, -0.1) is 0 Å². The topological polar surface area (TPSA) is 0 Å². The van der Waals surface area contributed by atoms with Gasteiger partial charge in [-0.2, -0.15) is 0 Å². The van der Waals surface area contributed by atoms with Crippen LogP contribution in [-0.4, -0.2) is 5.25 Å². The van der Waals surface area contributed by atoms with E-state index >= 15 is 0 Å². The lowest BCUT2D eigenvalue weighted by atomic mass is 10.0. The molecule has 0 rings (SSSR count). The maximum Gasteiger partial charge on any atom is 0.0197 e. The van der Waals surface area contributed by atoms with Crippen LogP contribution in [0.25, 0.3) is 0 Å². The summed E-state index contributed by atoms with van der Waals surface area (Å²) >= 11 is 5.19. The van der Waals surface area contributed by atoms with Crippen LogP contribution >= 0.6 is 12.6 Å². The third kappa shape index (κ3) is 2.61. The molecule has 0 aromatic carbocycles. The predicted molar refractivity (Wildman–Crippen MR) is 41.1 cm³/mol. The van der Waals surface area contributed by atoms with Crippen molar-refractivity contribution in [2.75, 3.05) is 0 Å². The Morgan fingerprint density at radius 1 is 0.875 bits per heavy atom. The fourth-order valence-corrected chi connectivity index (χ4v) is 0.770. The van der Waals surface area contributed by atoms with Crippen molar-refractivity contribution in [2.45, 2.75) is 32.9 Å². The molecule has 1 radical (unpaired) electrons. The van der Waals surface area contributed by atoms with Gasteiger partial charge in [-0.1, -0.05) is 40.3 Å². The van der Waals surface area contributed by atoms with Crippen molar-refractivity contribution in [3.05, 3.63) is 0 Å². The molecule has 1 heteroatoms. The van der Waals surface area contributed by atoms with Gasteiger partial charge in [-0.3, -0.25) is 0 Å².